The van der Waals surface area contributed by atoms with E-state index in [1.807, 2.05) is 5.32 Å². The van der Waals surface area contributed by atoms with Gasteiger partial charge in [0.05, 0.1) is 31.7 Å². The van der Waals surface area contributed by atoms with Crippen LogP contribution in [-0.4, -0.2) is 43.5 Å². The van der Waals surface area contributed by atoms with Crippen LogP contribution in [0.2, 0.25) is 0 Å². The maximum atomic E-state index is 12.4. The highest BCUT2D eigenvalue weighted by molar-refractivity contribution is 7.17. The summed E-state index contributed by atoms with van der Waals surface area (Å²) < 4.78 is 5.19. The number of amides is 2. The molecule has 1 fully saturated rings. The summed E-state index contributed by atoms with van der Waals surface area (Å²) >= 11 is 1.46. The van der Waals surface area contributed by atoms with E-state index < -0.39 is 6.04 Å². The average molecular weight is 366 g/mol. The first-order valence-electron chi connectivity index (χ1n) is 8.82. The Hall–Kier alpha value is -1.93. The van der Waals surface area contributed by atoms with Crippen molar-refractivity contribution in [2.45, 2.75) is 45.1 Å². The van der Waals surface area contributed by atoms with Crippen LogP contribution < -0.4 is 16.0 Å². The maximum Gasteiger partial charge on any atom is 0.341 e. The lowest BCUT2D eigenvalue weighted by molar-refractivity contribution is -0.678. The molecule has 3 rings (SSSR count). The fraction of sp³-hybridized carbons (Fsp3) is 0.588. The van der Waals surface area contributed by atoms with Crippen molar-refractivity contribution in [3.05, 3.63) is 16.0 Å². The summed E-state index contributed by atoms with van der Waals surface area (Å²) in [7, 11) is 0. The quantitative estimate of drug-likeness (QED) is 0.648. The zero-order valence-corrected chi connectivity index (χ0v) is 15.2. The summed E-state index contributed by atoms with van der Waals surface area (Å²) in [6, 6.07) is -0.408. The Balaban J connectivity index is 1.76. The van der Waals surface area contributed by atoms with E-state index in [1.165, 1.54) is 11.3 Å². The Kier molecular flexibility index (Phi) is 5.70. The lowest BCUT2D eigenvalue weighted by Crippen LogP contribution is -2.96. The lowest BCUT2D eigenvalue weighted by atomic mass is 9.95. The van der Waals surface area contributed by atoms with Crippen molar-refractivity contribution in [2.75, 3.05) is 25.0 Å². The van der Waals surface area contributed by atoms with Crippen LogP contribution in [-0.2, 0) is 27.2 Å². The molecule has 1 aliphatic carbocycles. The van der Waals surface area contributed by atoms with Gasteiger partial charge >= 0.3 is 5.97 Å². The van der Waals surface area contributed by atoms with Crippen molar-refractivity contribution in [2.24, 2.45) is 0 Å². The highest BCUT2D eigenvalue weighted by Gasteiger charge is 2.30. The molecule has 0 radical (unpaired) electrons. The molecule has 1 aromatic heterocycles. The molecule has 2 heterocycles. The molecule has 1 saturated heterocycles. The van der Waals surface area contributed by atoms with Crippen molar-refractivity contribution >= 4 is 34.1 Å². The summed E-state index contributed by atoms with van der Waals surface area (Å²) in [6.07, 6.45) is 4.01. The summed E-state index contributed by atoms with van der Waals surface area (Å²) in [5.41, 5.74) is 1.53. The van der Waals surface area contributed by atoms with Crippen molar-refractivity contribution in [3.63, 3.8) is 0 Å². The second kappa shape index (κ2) is 7.97. The molecule has 0 spiro atoms. The van der Waals surface area contributed by atoms with Crippen molar-refractivity contribution in [1.29, 1.82) is 0 Å². The number of hydrogen-bond acceptors (Lipinski definition) is 5. The van der Waals surface area contributed by atoms with Crippen LogP contribution in [0.5, 0.6) is 0 Å². The van der Waals surface area contributed by atoms with E-state index in [9.17, 15) is 14.4 Å². The Morgan fingerprint density at radius 3 is 2.92 bits per heavy atom. The number of quaternary nitrogens is 1. The molecule has 8 heteroatoms. The van der Waals surface area contributed by atoms with Crippen LogP contribution in [0.25, 0.3) is 0 Å². The lowest BCUT2D eigenvalue weighted by Gasteiger charge is -2.19. The zero-order valence-electron chi connectivity index (χ0n) is 14.4. The number of fused-ring (bicyclic) bond motifs is 1. The van der Waals surface area contributed by atoms with E-state index in [1.54, 1.807) is 6.92 Å². The fourth-order valence-corrected chi connectivity index (χ4v) is 4.64. The molecule has 1 aliphatic heterocycles. The van der Waals surface area contributed by atoms with Gasteiger partial charge in [-0.3, -0.25) is 9.59 Å². The number of thiophene rings is 1. The smallest absolute Gasteiger partial charge is 0.341 e. The molecule has 2 amide bonds. The number of piperazine rings is 1. The van der Waals surface area contributed by atoms with E-state index in [2.05, 4.69) is 10.6 Å². The van der Waals surface area contributed by atoms with Crippen LogP contribution in [0.15, 0.2) is 0 Å². The number of ether oxygens (including phenoxy) is 1. The largest absolute Gasteiger partial charge is 0.462 e. The fourth-order valence-electron chi connectivity index (χ4n) is 3.34. The van der Waals surface area contributed by atoms with Gasteiger partial charge in [-0.2, -0.15) is 0 Å². The Morgan fingerprint density at radius 2 is 2.16 bits per heavy atom. The molecule has 136 valence electrons. The van der Waals surface area contributed by atoms with Gasteiger partial charge in [-0.1, -0.05) is 0 Å². The van der Waals surface area contributed by atoms with E-state index in [-0.39, 0.29) is 24.2 Å². The normalized spacial score (nSPS) is 19.7. The molecule has 25 heavy (non-hydrogen) atoms. The first kappa shape index (κ1) is 17.9. The molecule has 1 aromatic rings. The highest BCUT2D eigenvalue weighted by Crippen LogP contribution is 2.38. The second-order valence-corrected chi connectivity index (χ2v) is 7.41. The highest BCUT2D eigenvalue weighted by atomic mass is 32.1. The van der Waals surface area contributed by atoms with Gasteiger partial charge in [0.1, 0.15) is 5.00 Å². The van der Waals surface area contributed by atoms with Gasteiger partial charge in [0.15, 0.2) is 6.04 Å². The minimum absolute atomic E-state index is 0.0939. The number of carbonyl (C=O) groups is 3. The third-order valence-corrected chi connectivity index (χ3v) is 5.75. The number of aryl methyl sites for hydroxylation is 1. The molecule has 0 bridgehead atoms. The Labute approximate surface area is 150 Å². The number of rotatable bonds is 5. The van der Waals surface area contributed by atoms with E-state index in [0.717, 1.165) is 42.7 Å². The molecule has 0 aromatic carbocycles. The van der Waals surface area contributed by atoms with Gasteiger partial charge in [-0.25, -0.2) is 4.79 Å². The molecule has 4 N–H and O–H groups in total. The topological polar surface area (TPSA) is 101 Å². The predicted molar refractivity (Wildman–Crippen MR) is 93.8 cm³/mol. The zero-order chi connectivity index (χ0) is 17.8. The molecule has 2 aliphatic rings. The van der Waals surface area contributed by atoms with Crippen LogP contribution in [0, 0.1) is 0 Å². The monoisotopic (exact) mass is 366 g/mol. The summed E-state index contributed by atoms with van der Waals surface area (Å²) in [5.74, 6) is -0.737. The number of anilines is 1. The molecule has 1 atom stereocenters. The Morgan fingerprint density at radius 1 is 1.36 bits per heavy atom. The van der Waals surface area contributed by atoms with Crippen LogP contribution >= 0.6 is 11.3 Å². The minimum Gasteiger partial charge on any atom is -0.462 e. The van der Waals surface area contributed by atoms with Crippen molar-refractivity contribution in [3.8, 4) is 0 Å². The first-order chi connectivity index (χ1) is 12.1. The molecule has 7 nitrogen and oxygen atoms in total. The van der Waals surface area contributed by atoms with E-state index in [0.29, 0.717) is 23.7 Å². The summed E-state index contributed by atoms with van der Waals surface area (Å²) in [5, 5.41) is 8.06. The predicted octanol–water partition coefficient (Wildman–Crippen LogP) is 0.194. The number of hydrogen-bond donors (Lipinski definition) is 3. The SMILES string of the molecule is CCOC(=O)c1c(NC(=O)C[C@H]2[NH2+]CCNC2=O)sc2c1CCCC2. The first-order valence-corrected chi connectivity index (χ1v) is 9.64. The van der Waals surface area contributed by atoms with Crippen LogP contribution in [0.1, 0.15) is 47.0 Å². The standard InChI is InChI=1S/C17H23N3O4S/c1-2-24-17(23)14-10-5-3-4-6-12(10)25-16(14)20-13(21)9-11-15(22)19-8-7-18-11/h11,18H,2-9H2,1H3,(H,19,22)(H,20,21)/p+1/t11-/m1/s1. The summed E-state index contributed by atoms with van der Waals surface area (Å²) in [6.45, 7) is 3.47. The third-order valence-electron chi connectivity index (χ3n) is 4.54. The van der Waals surface area contributed by atoms with Gasteiger partial charge in [0, 0.05) is 4.88 Å². The van der Waals surface area contributed by atoms with Crippen LogP contribution in [0.3, 0.4) is 0 Å². The molecular formula is C17H24N3O4S+. The third kappa shape index (κ3) is 4.01. The minimum atomic E-state index is -0.408. The number of nitrogens with two attached hydrogens (primary N) is 1. The number of carbonyl (C=O) groups excluding carboxylic acids is 3. The van der Waals surface area contributed by atoms with Crippen LogP contribution in [0.4, 0.5) is 5.00 Å². The van der Waals surface area contributed by atoms with Gasteiger partial charge < -0.3 is 20.7 Å². The number of esters is 1. The second-order valence-electron chi connectivity index (χ2n) is 6.31. The van der Waals surface area contributed by atoms with E-state index in [4.69, 9.17) is 4.74 Å². The summed E-state index contributed by atoms with van der Waals surface area (Å²) in [4.78, 5) is 37.8. The van der Waals surface area contributed by atoms with Gasteiger partial charge in [-0.05, 0) is 38.2 Å². The molecule has 0 saturated carbocycles. The molecule has 0 unspecified atom stereocenters. The van der Waals surface area contributed by atoms with Crippen molar-refractivity contribution in [1.82, 2.24) is 5.32 Å². The van der Waals surface area contributed by atoms with Crippen molar-refractivity contribution < 1.29 is 24.4 Å². The Bertz CT molecular complexity index is 686. The van der Waals surface area contributed by atoms with Gasteiger partial charge in [-0.15, -0.1) is 11.3 Å². The number of nitrogens with one attached hydrogen (secondary N) is 2. The maximum absolute atomic E-state index is 12.4. The van der Waals surface area contributed by atoms with Gasteiger partial charge in [0.2, 0.25) is 5.91 Å². The van der Waals surface area contributed by atoms with E-state index >= 15 is 0 Å². The average Bonchev–Trinajstić information content (AvgIpc) is 2.95. The van der Waals surface area contributed by atoms with Gasteiger partial charge in [0.25, 0.3) is 5.91 Å². The molecular weight excluding hydrogens is 342 g/mol.